The smallest absolute Gasteiger partial charge is 0.137 e. The van der Waals surface area contributed by atoms with Crippen LogP contribution in [0.3, 0.4) is 0 Å². The van der Waals surface area contributed by atoms with Gasteiger partial charge in [0.25, 0.3) is 0 Å². The fraction of sp³-hybridized carbons (Fsp3) is 0.250. The van der Waals surface area contributed by atoms with E-state index < -0.39 is 0 Å². The van der Waals surface area contributed by atoms with Gasteiger partial charge in [0, 0.05) is 6.04 Å². The fourth-order valence-electron chi connectivity index (χ4n) is 2.01. The number of benzene rings is 2. The Morgan fingerprint density at radius 1 is 1.19 bits per heavy atom. The van der Waals surface area contributed by atoms with E-state index in [0.29, 0.717) is 11.1 Å². The van der Waals surface area contributed by atoms with E-state index in [4.69, 9.17) is 10.5 Å². The highest BCUT2D eigenvalue weighted by Gasteiger charge is 2.10. The maximum atomic E-state index is 13.2. The van der Waals surface area contributed by atoms with E-state index in [1.165, 1.54) is 6.07 Å². The van der Waals surface area contributed by atoms with Gasteiger partial charge < -0.3 is 10.5 Å². The Morgan fingerprint density at radius 3 is 2.62 bits per heavy atom. The Hall–Kier alpha value is -0.910. The van der Waals surface area contributed by atoms with Crippen molar-refractivity contribution in [2.24, 2.45) is 5.73 Å². The van der Waals surface area contributed by atoms with Crippen LogP contribution in [-0.4, -0.2) is 6.04 Å². The van der Waals surface area contributed by atoms with Crippen LogP contribution in [0.1, 0.15) is 18.1 Å². The highest BCUT2D eigenvalue weighted by molar-refractivity contribution is 9.10. The Bertz CT molecular complexity index is 632. The molecule has 0 radical (unpaired) electrons. The number of hydrogen-bond acceptors (Lipinski definition) is 2. The predicted octanol–water partition coefficient (Wildman–Crippen LogP) is 4.82. The topological polar surface area (TPSA) is 35.2 Å². The first kappa shape index (κ1) is 16.5. The third-order valence-corrected chi connectivity index (χ3v) is 4.19. The second-order valence-corrected chi connectivity index (χ2v) is 6.66. The van der Waals surface area contributed by atoms with Crippen LogP contribution in [0.2, 0.25) is 0 Å². The lowest BCUT2D eigenvalue weighted by Crippen LogP contribution is -2.18. The molecule has 0 spiro atoms. The van der Waals surface area contributed by atoms with Crippen molar-refractivity contribution in [3.63, 3.8) is 0 Å². The van der Waals surface area contributed by atoms with Crippen molar-refractivity contribution in [3.8, 4) is 5.75 Å². The Morgan fingerprint density at radius 2 is 1.95 bits per heavy atom. The largest absolute Gasteiger partial charge is 0.487 e. The van der Waals surface area contributed by atoms with E-state index in [1.807, 2.05) is 25.1 Å². The molecule has 0 aliphatic rings. The first-order chi connectivity index (χ1) is 9.97. The molecule has 2 aromatic carbocycles. The van der Waals surface area contributed by atoms with Gasteiger partial charge in [-0.25, -0.2) is 4.39 Å². The third kappa shape index (κ3) is 4.53. The molecule has 0 fully saturated rings. The van der Waals surface area contributed by atoms with E-state index in [-0.39, 0.29) is 11.9 Å². The van der Waals surface area contributed by atoms with E-state index in [9.17, 15) is 4.39 Å². The van der Waals surface area contributed by atoms with Crippen molar-refractivity contribution < 1.29 is 9.13 Å². The van der Waals surface area contributed by atoms with Gasteiger partial charge in [-0.1, -0.05) is 18.2 Å². The minimum absolute atomic E-state index is 0.0571. The van der Waals surface area contributed by atoms with Crippen molar-refractivity contribution in [3.05, 3.63) is 62.3 Å². The van der Waals surface area contributed by atoms with Crippen molar-refractivity contribution in [2.45, 2.75) is 26.0 Å². The van der Waals surface area contributed by atoms with E-state index in [1.54, 1.807) is 12.1 Å². The van der Waals surface area contributed by atoms with Crippen LogP contribution in [-0.2, 0) is 13.0 Å². The van der Waals surface area contributed by atoms with Crippen LogP contribution in [0.25, 0.3) is 0 Å². The molecule has 2 nitrogen and oxygen atoms in total. The first-order valence-electron chi connectivity index (χ1n) is 6.57. The molecule has 2 rings (SSSR count). The number of hydrogen-bond donors (Lipinski definition) is 1. The number of rotatable bonds is 5. The van der Waals surface area contributed by atoms with E-state index in [2.05, 4.69) is 31.9 Å². The van der Waals surface area contributed by atoms with Crippen LogP contribution in [0.15, 0.2) is 45.3 Å². The lowest BCUT2D eigenvalue weighted by atomic mass is 10.1. The summed E-state index contributed by atoms with van der Waals surface area (Å²) in [6.07, 6.45) is 0.738. The van der Waals surface area contributed by atoms with Gasteiger partial charge in [-0.05, 0) is 74.5 Å². The molecule has 0 saturated carbocycles. The number of halogens is 3. The van der Waals surface area contributed by atoms with Gasteiger partial charge in [-0.15, -0.1) is 0 Å². The van der Waals surface area contributed by atoms with Gasteiger partial charge >= 0.3 is 0 Å². The minimum atomic E-state index is -0.280. The SMILES string of the molecule is CC(N)Cc1cccc(Br)c1OCc1ccc(F)c(Br)c1. The Kier molecular flexibility index (Phi) is 5.79. The summed E-state index contributed by atoms with van der Waals surface area (Å²) >= 11 is 6.68. The summed E-state index contributed by atoms with van der Waals surface area (Å²) < 4.78 is 20.5. The summed E-state index contributed by atoms with van der Waals surface area (Å²) in [4.78, 5) is 0. The van der Waals surface area contributed by atoms with Crippen molar-refractivity contribution in [1.82, 2.24) is 0 Å². The second kappa shape index (κ2) is 7.38. The molecule has 2 N–H and O–H groups in total. The standard InChI is InChI=1S/C16H16Br2FNO/c1-10(20)7-12-3-2-4-13(17)16(12)21-9-11-5-6-15(19)14(18)8-11/h2-6,8,10H,7,9,20H2,1H3. The van der Waals surface area contributed by atoms with Crippen molar-refractivity contribution in [1.29, 1.82) is 0 Å². The average Bonchev–Trinajstić information content (AvgIpc) is 2.41. The summed E-state index contributed by atoms with van der Waals surface area (Å²) in [5.74, 6) is 0.507. The van der Waals surface area contributed by atoms with Crippen LogP contribution >= 0.6 is 31.9 Å². The molecule has 21 heavy (non-hydrogen) atoms. The second-order valence-electron chi connectivity index (χ2n) is 4.95. The van der Waals surface area contributed by atoms with E-state index in [0.717, 1.165) is 27.8 Å². The summed E-state index contributed by atoms with van der Waals surface area (Å²) in [7, 11) is 0. The van der Waals surface area contributed by atoms with Crippen LogP contribution < -0.4 is 10.5 Å². The predicted molar refractivity (Wildman–Crippen MR) is 89.9 cm³/mol. The summed E-state index contributed by atoms with van der Waals surface area (Å²) in [5, 5.41) is 0. The van der Waals surface area contributed by atoms with E-state index >= 15 is 0 Å². The molecule has 0 aliphatic carbocycles. The lowest BCUT2D eigenvalue weighted by molar-refractivity contribution is 0.300. The highest BCUT2D eigenvalue weighted by Crippen LogP contribution is 2.31. The van der Waals surface area contributed by atoms with Gasteiger partial charge in [-0.2, -0.15) is 0 Å². The molecule has 1 atom stereocenters. The zero-order valence-electron chi connectivity index (χ0n) is 11.6. The fourth-order valence-corrected chi connectivity index (χ4v) is 2.96. The van der Waals surface area contributed by atoms with Crippen LogP contribution in [0.4, 0.5) is 4.39 Å². The molecule has 2 aromatic rings. The molecule has 112 valence electrons. The van der Waals surface area contributed by atoms with Gasteiger partial charge in [0.15, 0.2) is 0 Å². The zero-order valence-corrected chi connectivity index (χ0v) is 14.7. The van der Waals surface area contributed by atoms with Gasteiger partial charge in [-0.3, -0.25) is 0 Å². The number of nitrogens with two attached hydrogens (primary N) is 1. The molecule has 0 amide bonds. The number of para-hydroxylation sites is 1. The third-order valence-electron chi connectivity index (χ3n) is 2.96. The molecule has 0 bridgehead atoms. The van der Waals surface area contributed by atoms with Crippen molar-refractivity contribution >= 4 is 31.9 Å². The molecule has 0 heterocycles. The van der Waals surface area contributed by atoms with Gasteiger partial charge in [0.05, 0.1) is 8.95 Å². The maximum absolute atomic E-state index is 13.2. The molecule has 0 aromatic heterocycles. The quantitative estimate of drug-likeness (QED) is 0.758. The van der Waals surface area contributed by atoms with Crippen LogP contribution in [0.5, 0.6) is 5.75 Å². The van der Waals surface area contributed by atoms with Crippen LogP contribution in [0, 0.1) is 5.82 Å². The van der Waals surface area contributed by atoms with Crippen molar-refractivity contribution in [2.75, 3.05) is 0 Å². The molecule has 5 heteroatoms. The Balaban J connectivity index is 2.17. The lowest BCUT2D eigenvalue weighted by Gasteiger charge is -2.15. The Labute approximate surface area is 140 Å². The molecule has 0 saturated heterocycles. The summed E-state index contributed by atoms with van der Waals surface area (Å²) in [5.41, 5.74) is 7.82. The van der Waals surface area contributed by atoms with Gasteiger partial charge in [0.2, 0.25) is 0 Å². The summed E-state index contributed by atoms with van der Waals surface area (Å²) in [6.45, 7) is 2.33. The maximum Gasteiger partial charge on any atom is 0.137 e. The molecule has 1 unspecified atom stereocenters. The zero-order chi connectivity index (χ0) is 15.4. The normalized spacial score (nSPS) is 12.2. The molecular weight excluding hydrogens is 401 g/mol. The first-order valence-corrected chi connectivity index (χ1v) is 8.15. The minimum Gasteiger partial charge on any atom is -0.487 e. The van der Waals surface area contributed by atoms with Gasteiger partial charge in [0.1, 0.15) is 18.2 Å². The number of ether oxygens (including phenoxy) is 1. The molecular formula is C16H16Br2FNO. The average molecular weight is 417 g/mol. The highest BCUT2D eigenvalue weighted by atomic mass is 79.9. The molecule has 0 aliphatic heterocycles. The summed E-state index contributed by atoms with van der Waals surface area (Å²) in [6, 6.07) is 10.8. The monoisotopic (exact) mass is 415 g/mol.